The van der Waals surface area contributed by atoms with Gasteiger partial charge < -0.3 is 4.42 Å². The SMILES string of the molecule is O=c1c2cccnc2ncn1Cc1cccc(-c2cnc3occc3c2)c1. The van der Waals surface area contributed by atoms with Gasteiger partial charge in [-0.25, -0.2) is 15.0 Å². The molecular weight excluding hydrogens is 340 g/mol. The molecule has 1 aromatic carbocycles. The van der Waals surface area contributed by atoms with Gasteiger partial charge in [0.25, 0.3) is 5.56 Å². The molecule has 130 valence electrons. The van der Waals surface area contributed by atoms with E-state index in [0.29, 0.717) is 23.3 Å². The highest BCUT2D eigenvalue weighted by atomic mass is 16.3. The summed E-state index contributed by atoms with van der Waals surface area (Å²) >= 11 is 0. The van der Waals surface area contributed by atoms with E-state index in [-0.39, 0.29) is 5.56 Å². The fraction of sp³-hybridized carbons (Fsp3) is 0.0476. The minimum Gasteiger partial charge on any atom is -0.446 e. The molecule has 0 aliphatic heterocycles. The molecule has 6 heteroatoms. The third-order valence-electron chi connectivity index (χ3n) is 4.52. The maximum atomic E-state index is 12.7. The highest BCUT2D eigenvalue weighted by Crippen LogP contribution is 2.24. The highest BCUT2D eigenvalue weighted by molar-refractivity contribution is 5.80. The van der Waals surface area contributed by atoms with E-state index in [9.17, 15) is 4.79 Å². The van der Waals surface area contributed by atoms with E-state index in [1.54, 1.807) is 41.7 Å². The molecule has 5 aromatic rings. The topological polar surface area (TPSA) is 73.8 Å². The van der Waals surface area contributed by atoms with Crippen molar-refractivity contribution in [3.8, 4) is 11.1 Å². The summed E-state index contributed by atoms with van der Waals surface area (Å²) in [6, 6.07) is 15.5. The fourth-order valence-electron chi connectivity index (χ4n) is 3.17. The molecule has 0 atom stereocenters. The number of hydrogen-bond acceptors (Lipinski definition) is 5. The van der Waals surface area contributed by atoms with E-state index in [1.165, 1.54) is 0 Å². The molecule has 0 spiro atoms. The van der Waals surface area contributed by atoms with Gasteiger partial charge in [-0.1, -0.05) is 18.2 Å². The standard InChI is InChI=1S/C21H14N4O2/c26-21-18-5-2-7-22-19(18)24-13-25(21)12-14-3-1-4-15(9-14)17-10-16-6-8-27-20(16)23-11-17/h1-11,13H,12H2. The summed E-state index contributed by atoms with van der Waals surface area (Å²) in [4.78, 5) is 25.4. The summed E-state index contributed by atoms with van der Waals surface area (Å²) in [6.45, 7) is 0.436. The molecule has 5 rings (SSSR count). The average Bonchev–Trinajstić information content (AvgIpc) is 3.18. The number of rotatable bonds is 3. The number of pyridine rings is 2. The number of benzene rings is 1. The van der Waals surface area contributed by atoms with Crippen LogP contribution in [0.2, 0.25) is 0 Å². The lowest BCUT2D eigenvalue weighted by Crippen LogP contribution is -2.21. The van der Waals surface area contributed by atoms with Gasteiger partial charge in [-0.15, -0.1) is 0 Å². The molecule has 0 aliphatic rings. The van der Waals surface area contributed by atoms with Crippen molar-refractivity contribution < 1.29 is 4.42 Å². The molecule has 4 aromatic heterocycles. The van der Waals surface area contributed by atoms with Crippen LogP contribution < -0.4 is 5.56 Å². The molecule has 0 aliphatic carbocycles. The van der Waals surface area contributed by atoms with E-state index in [4.69, 9.17) is 4.42 Å². The second-order valence-corrected chi connectivity index (χ2v) is 6.29. The van der Waals surface area contributed by atoms with E-state index in [1.807, 2.05) is 30.3 Å². The Morgan fingerprint density at radius 3 is 2.89 bits per heavy atom. The molecule has 0 amide bonds. The molecule has 27 heavy (non-hydrogen) atoms. The van der Waals surface area contributed by atoms with Crippen molar-refractivity contribution in [3.63, 3.8) is 0 Å². The number of aromatic nitrogens is 4. The van der Waals surface area contributed by atoms with E-state index < -0.39 is 0 Å². The van der Waals surface area contributed by atoms with Gasteiger partial charge in [0.1, 0.15) is 6.33 Å². The number of hydrogen-bond donors (Lipinski definition) is 0. The Bertz CT molecular complexity index is 1340. The smallest absolute Gasteiger partial charge is 0.263 e. The summed E-state index contributed by atoms with van der Waals surface area (Å²) in [5.74, 6) is 0. The van der Waals surface area contributed by atoms with Crippen LogP contribution in [0.5, 0.6) is 0 Å². The third-order valence-corrected chi connectivity index (χ3v) is 4.52. The van der Waals surface area contributed by atoms with Gasteiger partial charge in [-0.2, -0.15) is 0 Å². The van der Waals surface area contributed by atoms with Gasteiger partial charge in [0.2, 0.25) is 5.71 Å². The van der Waals surface area contributed by atoms with Crippen LogP contribution in [-0.2, 0) is 6.54 Å². The van der Waals surface area contributed by atoms with Gasteiger partial charge in [0.15, 0.2) is 5.65 Å². The van der Waals surface area contributed by atoms with Gasteiger partial charge >= 0.3 is 0 Å². The average molecular weight is 354 g/mol. The molecule has 0 N–H and O–H groups in total. The van der Waals surface area contributed by atoms with Crippen molar-refractivity contribution in [2.45, 2.75) is 6.54 Å². The summed E-state index contributed by atoms with van der Waals surface area (Å²) in [7, 11) is 0. The Morgan fingerprint density at radius 1 is 0.963 bits per heavy atom. The second kappa shape index (κ2) is 6.17. The maximum absolute atomic E-state index is 12.7. The second-order valence-electron chi connectivity index (χ2n) is 6.29. The largest absolute Gasteiger partial charge is 0.446 e. The van der Waals surface area contributed by atoms with Gasteiger partial charge in [-0.05, 0) is 41.5 Å². The van der Waals surface area contributed by atoms with Gasteiger partial charge in [0, 0.05) is 23.3 Å². The minimum absolute atomic E-state index is 0.0972. The third kappa shape index (κ3) is 2.77. The van der Waals surface area contributed by atoms with Crippen molar-refractivity contribution in [1.29, 1.82) is 0 Å². The predicted octanol–water partition coefficient (Wildman–Crippen LogP) is 3.65. The first-order valence-corrected chi connectivity index (χ1v) is 8.51. The van der Waals surface area contributed by atoms with Crippen LogP contribution in [0.1, 0.15) is 5.56 Å². The normalized spacial score (nSPS) is 11.3. The van der Waals surface area contributed by atoms with Crippen molar-refractivity contribution in [1.82, 2.24) is 19.5 Å². The van der Waals surface area contributed by atoms with Crippen LogP contribution >= 0.6 is 0 Å². The van der Waals surface area contributed by atoms with Crippen LogP contribution in [-0.4, -0.2) is 19.5 Å². The van der Waals surface area contributed by atoms with Gasteiger partial charge in [0.05, 0.1) is 18.2 Å². The molecule has 0 saturated heterocycles. The molecule has 0 unspecified atom stereocenters. The van der Waals surface area contributed by atoms with Crippen molar-refractivity contribution in [3.05, 3.63) is 89.4 Å². The highest BCUT2D eigenvalue weighted by Gasteiger charge is 2.07. The molecule has 0 radical (unpaired) electrons. The Balaban J connectivity index is 1.52. The first-order valence-electron chi connectivity index (χ1n) is 8.51. The Kier molecular flexibility index (Phi) is 3.53. The van der Waals surface area contributed by atoms with E-state index >= 15 is 0 Å². The van der Waals surface area contributed by atoms with Gasteiger partial charge in [-0.3, -0.25) is 9.36 Å². The van der Waals surface area contributed by atoms with Crippen molar-refractivity contribution in [2.24, 2.45) is 0 Å². The number of fused-ring (bicyclic) bond motifs is 2. The molecule has 4 heterocycles. The van der Waals surface area contributed by atoms with Crippen molar-refractivity contribution in [2.75, 3.05) is 0 Å². The first kappa shape index (κ1) is 15.5. The molecule has 0 fully saturated rings. The summed E-state index contributed by atoms with van der Waals surface area (Å²) in [5, 5.41) is 1.48. The monoisotopic (exact) mass is 354 g/mol. The van der Waals surface area contributed by atoms with Crippen LogP contribution in [0.3, 0.4) is 0 Å². The Hall–Kier alpha value is -3.80. The summed E-state index contributed by atoms with van der Waals surface area (Å²) in [6.07, 6.45) is 6.60. The van der Waals surface area contributed by atoms with Crippen LogP contribution in [0.25, 0.3) is 33.3 Å². The predicted molar refractivity (Wildman–Crippen MR) is 102 cm³/mol. The zero-order valence-electron chi connectivity index (χ0n) is 14.2. The van der Waals surface area contributed by atoms with Crippen LogP contribution in [0, 0.1) is 0 Å². The number of furan rings is 1. The minimum atomic E-state index is -0.0972. The lowest BCUT2D eigenvalue weighted by Gasteiger charge is -2.08. The quantitative estimate of drug-likeness (QED) is 0.494. The zero-order valence-corrected chi connectivity index (χ0v) is 14.2. The Morgan fingerprint density at radius 2 is 1.93 bits per heavy atom. The van der Waals surface area contributed by atoms with Crippen LogP contribution in [0.4, 0.5) is 0 Å². The zero-order chi connectivity index (χ0) is 18.2. The molecule has 6 nitrogen and oxygen atoms in total. The summed E-state index contributed by atoms with van der Waals surface area (Å²) in [5.41, 5.74) is 4.03. The first-order chi connectivity index (χ1) is 13.3. The molecule has 0 saturated carbocycles. The fourth-order valence-corrected chi connectivity index (χ4v) is 3.17. The molecule has 0 bridgehead atoms. The van der Waals surface area contributed by atoms with E-state index in [2.05, 4.69) is 21.0 Å². The van der Waals surface area contributed by atoms with Crippen LogP contribution in [0.15, 0.2) is 82.7 Å². The molecular formula is C21H14N4O2. The Labute approximate surface area is 153 Å². The van der Waals surface area contributed by atoms with E-state index in [0.717, 1.165) is 22.1 Å². The lowest BCUT2D eigenvalue weighted by molar-refractivity contribution is 0.603. The summed E-state index contributed by atoms with van der Waals surface area (Å²) < 4.78 is 6.90. The number of nitrogens with zero attached hydrogens (tertiary/aromatic N) is 4. The lowest BCUT2D eigenvalue weighted by atomic mass is 10.0. The van der Waals surface area contributed by atoms with Crippen molar-refractivity contribution >= 4 is 22.1 Å². The maximum Gasteiger partial charge on any atom is 0.263 e.